The third-order valence-electron chi connectivity index (χ3n) is 3.30. The summed E-state index contributed by atoms with van der Waals surface area (Å²) in [5.74, 6) is -0.213. The van der Waals surface area contributed by atoms with E-state index in [0.29, 0.717) is 6.42 Å². The quantitative estimate of drug-likeness (QED) is 0.505. The largest absolute Gasteiger partial charge is 0.467 e. The first-order chi connectivity index (χ1) is 6.62. The van der Waals surface area contributed by atoms with Crippen LogP contribution >= 0.6 is 0 Å². The summed E-state index contributed by atoms with van der Waals surface area (Å²) in [6, 6.07) is 0. The van der Waals surface area contributed by atoms with Gasteiger partial charge in [0.1, 0.15) is 5.60 Å². The normalized spacial score (nSPS) is 35.4. The zero-order valence-electron chi connectivity index (χ0n) is 9.55. The number of methoxy groups -OCH3 is 1. The molecule has 1 saturated heterocycles. The van der Waals surface area contributed by atoms with Crippen LogP contribution in [-0.2, 0) is 14.3 Å². The van der Waals surface area contributed by atoms with Crippen molar-refractivity contribution in [1.82, 2.24) is 0 Å². The van der Waals surface area contributed by atoms with Crippen molar-refractivity contribution in [2.24, 2.45) is 0 Å². The summed E-state index contributed by atoms with van der Waals surface area (Å²) in [7, 11) is 1.42. The first-order valence-electron chi connectivity index (χ1n) is 5.41. The fourth-order valence-corrected chi connectivity index (χ4v) is 2.43. The Morgan fingerprint density at radius 2 is 1.93 bits per heavy atom. The maximum Gasteiger partial charge on any atom is 0.341 e. The number of carbonyl (C=O) groups is 1. The summed E-state index contributed by atoms with van der Waals surface area (Å²) in [5, 5.41) is 0. The average Bonchev–Trinajstić information content (AvgIpc) is 2.88. The van der Waals surface area contributed by atoms with Gasteiger partial charge in [-0.2, -0.15) is 0 Å². The van der Waals surface area contributed by atoms with Crippen LogP contribution in [0.4, 0.5) is 0 Å². The van der Waals surface area contributed by atoms with Gasteiger partial charge in [-0.15, -0.1) is 0 Å². The van der Waals surface area contributed by atoms with Gasteiger partial charge in [0.15, 0.2) is 5.60 Å². The minimum Gasteiger partial charge on any atom is -0.467 e. The van der Waals surface area contributed by atoms with Crippen LogP contribution in [-0.4, -0.2) is 24.3 Å². The zero-order chi connectivity index (χ0) is 10.8. The molecule has 0 spiro atoms. The van der Waals surface area contributed by atoms with Crippen molar-refractivity contribution in [3.05, 3.63) is 0 Å². The Morgan fingerprint density at radius 3 is 2.29 bits per heavy atom. The Bertz CT molecular complexity index is 227. The van der Waals surface area contributed by atoms with Crippen molar-refractivity contribution in [3.8, 4) is 0 Å². The van der Waals surface area contributed by atoms with Gasteiger partial charge < -0.3 is 9.47 Å². The smallest absolute Gasteiger partial charge is 0.341 e. The van der Waals surface area contributed by atoms with Crippen molar-refractivity contribution < 1.29 is 14.3 Å². The van der Waals surface area contributed by atoms with Crippen molar-refractivity contribution in [3.63, 3.8) is 0 Å². The predicted molar refractivity (Wildman–Crippen MR) is 54.1 cm³/mol. The maximum atomic E-state index is 11.6. The second-order valence-electron chi connectivity index (χ2n) is 3.87. The predicted octanol–water partition coefficient (Wildman–Crippen LogP) is 2.29. The standard InChI is InChI=1S/C11H20O3/c1-5-8-10(6-2)11(7-3,14-10)9(12)13-4/h5-8H2,1-4H3. The third kappa shape index (κ3) is 1.34. The van der Waals surface area contributed by atoms with Gasteiger partial charge in [-0.25, -0.2) is 4.79 Å². The molecule has 3 nitrogen and oxygen atoms in total. The number of carbonyl (C=O) groups excluding carboxylic acids is 1. The molecule has 1 fully saturated rings. The highest BCUT2D eigenvalue weighted by atomic mass is 16.7. The fourth-order valence-electron chi connectivity index (χ4n) is 2.43. The van der Waals surface area contributed by atoms with Gasteiger partial charge in [0.2, 0.25) is 0 Å². The summed E-state index contributed by atoms with van der Waals surface area (Å²) < 4.78 is 10.5. The molecule has 0 aromatic carbocycles. The molecule has 3 heteroatoms. The van der Waals surface area contributed by atoms with E-state index < -0.39 is 5.60 Å². The van der Waals surface area contributed by atoms with Gasteiger partial charge in [0.05, 0.1) is 7.11 Å². The molecule has 1 rings (SSSR count). The Labute approximate surface area is 85.8 Å². The maximum absolute atomic E-state index is 11.6. The van der Waals surface area contributed by atoms with Gasteiger partial charge in [-0.3, -0.25) is 0 Å². The number of rotatable bonds is 5. The molecule has 0 bridgehead atoms. The van der Waals surface area contributed by atoms with Gasteiger partial charge in [0.25, 0.3) is 0 Å². The molecule has 14 heavy (non-hydrogen) atoms. The molecule has 0 aromatic heterocycles. The van der Waals surface area contributed by atoms with E-state index in [1.165, 1.54) is 7.11 Å². The van der Waals surface area contributed by atoms with Gasteiger partial charge in [-0.1, -0.05) is 27.2 Å². The van der Waals surface area contributed by atoms with Crippen molar-refractivity contribution >= 4 is 5.97 Å². The highest BCUT2D eigenvalue weighted by molar-refractivity contribution is 5.84. The lowest BCUT2D eigenvalue weighted by atomic mass is 9.85. The molecule has 0 saturated carbocycles. The monoisotopic (exact) mass is 200 g/mol. The molecule has 0 N–H and O–H groups in total. The third-order valence-corrected chi connectivity index (χ3v) is 3.30. The van der Waals surface area contributed by atoms with Gasteiger partial charge >= 0.3 is 5.97 Å². The first-order valence-corrected chi connectivity index (χ1v) is 5.41. The summed E-state index contributed by atoms with van der Waals surface area (Å²) in [5.41, 5.74) is -0.893. The molecule has 1 aliphatic rings. The van der Waals surface area contributed by atoms with Crippen LogP contribution in [0.1, 0.15) is 46.5 Å². The average molecular weight is 200 g/mol. The Morgan fingerprint density at radius 1 is 1.29 bits per heavy atom. The summed E-state index contributed by atoms with van der Waals surface area (Å²) in [6.07, 6.45) is 3.55. The number of epoxide rings is 1. The zero-order valence-corrected chi connectivity index (χ0v) is 9.55. The Kier molecular flexibility index (Phi) is 3.20. The molecular formula is C11H20O3. The van der Waals surface area contributed by atoms with Crippen LogP contribution in [0.2, 0.25) is 0 Å². The molecule has 1 heterocycles. The molecule has 0 amide bonds. The first kappa shape index (κ1) is 11.5. The molecule has 2 atom stereocenters. The fraction of sp³-hybridized carbons (Fsp3) is 0.909. The van der Waals surface area contributed by atoms with E-state index in [-0.39, 0.29) is 11.6 Å². The van der Waals surface area contributed by atoms with Gasteiger partial charge in [0, 0.05) is 0 Å². The number of hydrogen-bond acceptors (Lipinski definition) is 3. The number of hydrogen-bond donors (Lipinski definition) is 0. The lowest BCUT2D eigenvalue weighted by Gasteiger charge is -2.14. The number of ether oxygens (including phenoxy) is 2. The summed E-state index contributed by atoms with van der Waals surface area (Å²) in [4.78, 5) is 11.6. The van der Waals surface area contributed by atoms with Crippen LogP contribution in [0.5, 0.6) is 0 Å². The van der Waals surface area contributed by atoms with E-state index in [4.69, 9.17) is 9.47 Å². The Hall–Kier alpha value is -0.570. The minimum absolute atomic E-state index is 0.213. The van der Waals surface area contributed by atoms with Gasteiger partial charge in [-0.05, 0) is 19.3 Å². The SMILES string of the molecule is CCCC1(CC)OC1(CC)C(=O)OC. The molecular weight excluding hydrogens is 180 g/mol. The van der Waals surface area contributed by atoms with E-state index in [0.717, 1.165) is 19.3 Å². The van der Waals surface area contributed by atoms with Crippen LogP contribution in [0, 0.1) is 0 Å². The second-order valence-corrected chi connectivity index (χ2v) is 3.87. The van der Waals surface area contributed by atoms with Crippen molar-refractivity contribution in [1.29, 1.82) is 0 Å². The van der Waals surface area contributed by atoms with Crippen LogP contribution in [0.3, 0.4) is 0 Å². The summed E-state index contributed by atoms with van der Waals surface area (Å²) >= 11 is 0. The second kappa shape index (κ2) is 3.89. The number of esters is 1. The minimum atomic E-state index is -0.646. The Balaban J connectivity index is 2.81. The molecule has 1 aliphatic heterocycles. The van der Waals surface area contributed by atoms with E-state index in [9.17, 15) is 4.79 Å². The molecule has 0 aromatic rings. The summed E-state index contributed by atoms with van der Waals surface area (Å²) in [6.45, 7) is 6.15. The lowest BCUT2D eigenvalue weighted by molar-refractivity contribution is -0.147. The highest BCUT2D eigenvalue weighted by Crippen LogP contribution is 2.56. The molecule has 2 unspecified atom stereocenters. The molecule has 0 aliphatic carbocycles. The topological polar surface area (TPSA) is 38.8 Å². The molecule has 82 valence electrons. The van der Waals surface area contributed by atoms with E-state index in [1.54, 1.807) is 0 Å². The molecule has 0 radical (unpaired) electrons. The van der Waals surface area contributed by atoms with E-state index in [1.807, 2.05) is 6.92 Å². The lowest BCUT2D eigenvalue weighted by Crippen LogP contribution is -2.34. The van der Waals surface area contributed by atoms with Crippen LogP contribution in [0.25, 0.3) is 0 Å². The van der Waals surface area contributed by atoms with E-state index in [2.05, 4.69) is 13.8 Å². The van der Waals surface area contributed by atoms with Crippen molar-refractivity contribution in [2.75, 3.05) is 7.11 Å². The van der Waals surface area contributed by atoms with Crippen molar-refractivity contribution in [2.45, 2.75) is 57.7 Å². The van der Waals surface area contributed by atoms with Crippen LogP contribution in [0.15, 0.2) is 0 Å². The van der Waals surface area contributed by atoms with E-state index >= 15 is 0 Å². The highest BCUT2D eigenvalue weighted by Gasteiger charge is 2.72. The van der Waals surface area contributed by atoms with Crippen LogP contribution < -0.4 is 0 Å².